The molecule has 2 saturated heterocycles. The van der Waals surface area contributed by atoms with Gasteiger partial charge in [0.2, 0.25) is 17.7 Å². The summed E-state index contributed by atoms with van der Waals surface area (Å²) in [5.74, 6) is 0.268. The molecule has 0 radical (unpaired) electrons. The minimum absolute atomic E-state index is 0. The molecule has 0 bridgehead atoms. The molecule has 1 atom stereocenters. The highest BCUT2D eigenvalue weighted by atomic mass is 35.5. The van der Waals surface area contributed by atoms with E-state index in [1.54, 1.807) is 0 Å². The highest BCUT2D eigenvalue weighted by Crippen LogP contribution is 2.22. The molecule has 0 saturated carbocycles. The third kappa shape index (κ3) is 5.03. The Bertz CT molecular complexity index is 628. The number of hydrogen-bond donors (Lipinski definition) is 2. The monoisotopic (exact) mass is 365 g/mol. The zero-order chi connectivity index (χ0) is 16.9. The minimum Gasteiger partial charge on any atom is -0.326 e. The van der Waals surface area contributed by atoms with Gasteiger partial charge >= 0.3 is 0 Å². The molecule has 136 valence electrons. The Morgan fingerprint density at radius 2 is 1.92 bits per heavy atom. The number of carbonyl (C=O) groups excluding carboxylic acids is 3. The summed E-state index contributed by atoms with van der Waals surface area (Å²) < 4.78 is 0. The lowest BCUT2D eigenvalue weighted by Crippen LogP contribution is -2.29. The Hall–Kier alpha value is -1.92. The third-order valence-corrected chi connectivity index (χ3v) is 4.72. The molecule has 6 nitrogen and oxygen atoms in total. The average molecular weight is 366 g/mol. The number of amides is 3. The van der Waals surface area contributed by atoms with Gasteiger partial charge in [0.1, 0.15) is 0 Å². The lowest BCUT2D eigenvalue weighted by atomic mass is 10.0. The van der Waals surface area contributed by atoms with Gasteiger partial charge < -0.3 is 10.6 Å². The molecule has 2 N–H and O–H groups in total. The van der Waals surface area contributed by atoms with Crippen LogP contribution in [-0.4, -0.2) is 35.7 Å². The summed E-state index contributed by atoms with van der Waals surface area (Å²) in [7, 11) is 0. The molecule has 1 aromatic carbocycles. The normalized spacial score (nSPS) is 19.8. The lowest BCUT2D eigenvalue weighted by molar-refractivity contribution is -0.139. The van der Waals surface area contributed by atoms with Crippen molar-refractivity contribution in [3.63, 3.8) is 0 Å². The Kier molecular flexibility index (Phi) is 6.96. The van der Waals surface area contributed by atoms with Crippen LogP contribution in [0.4, 0.5) is 5.69 Å². The lowest BCUT2D eigenvalue weighted by Gasteiger charge is -2.17. The van der Waals surface area contributed by atoms with Crippen LogP contribution in [-0.2, 0) is 20.9 Å². The summed E-state index contributed by atoms with van der Waals surface area (Å²) in [5, 5.41) is 6.23. The summed E-state index contributed by atoms with van der Waals surface area (Å²) in [6.07, 6.45) is 3.06. The number of benzene rings is 1. The summed E-state index contributed by atoms with van der Waals surface area (Å²) in [6.45, 7) is 2.25. The second kappa shape index (κ2) is 8.97. The first-order valence-electron chi connectivity index (χ1n) is 8.55. The Labute approximate surface area is 153 Å². The van der Waals surface area contributed by atoms with Crippen molar-refractivity contribution < 1.29 is 14.4 Å². The van der Waals surface area contributed by atoms with E-state index in [1.807, 2.05) is 24.3 Å². The fourth-order valence-corrected chi connectivity index (χ4v) is 3.26. The van der Waals surface area contributed by atoms with Gasteiger partial charge in [-0.05, 0) is 43.5 Å². The van der Waals surface area contributed by atoms with Crippen molar-refractivity contribution >= 4 is 35.8 Å². The van der Waals surface area contributed by atoms with Crippen molar-refractivity contribution in [3.05, 3.63) is 29.8 Å². The second-order valence-corrected chi connectivity index (χ2v) is 6.48. The number of anilines is 1. The molecule has 7 heteroatoms. The molecule has 0 aromatic heterocycles. The van der Waals surface area contributed by atoms with Crippen LogP contribution in [0.15, 0.2) is 24.3 Å². The molecule has 1 aromatic rings. The smallest absolute Gasteiger partial charge is 0.229 e. The summed E-state index contributed by atoms with van der Waals surface area (Å²) in [5.41, 5.74) is 1.47. The molecule has 1 unspecified atom stereocenters. The highest BCUT2D eigenvalue weighted by Gasteiger charge is 2.29. The van der Waals surface area contributed by atoms with Crippen LogP contribution in [0.1, 0.15) is 37.7 Å². The maximum atomic E-state index is 12.2. The van der Waals surface area contributed by atoms with Gasteiger partial charge in [-0.2, -0.15) is 0 Å². The van der Waals surface area contributed by atoms with E-state index in [1.165, 1.54) is 4.90 Å². The van der Waals surface area contributed by atoms with Crippen molar-refractivity contribution in [1.82, 2.24) is 10.2 Å². The molecule has 0 aliphatic carbocycles. The van der Waals surface area contributed by atoms with E-state index in [2.05, 4.69) is 10.6 Å². The standard InChI is InChI=1S/C18H23N3O3.ClH/c22-16(6-5-13-9-10-19-11-13)20-15-4-2-1-3-14(15)12-21-17(23)7-8-18(21)24;/h1-4,13,19H,5-12H2,(H,20,22);1H. The van der Waals surface area contributed by atoms with E-state index in [0.29, 0.717) is 18.0 Å². The zero-order valence-corrected chi connectivity index (χ0v) is 14.9. The largest absolute Gasteiger partial charge is 0.326 e. The number of carbonyl (C=O) groups is 3. The topological polar surface area (TPSA) is 78.5 Å². The van der Waals surface area contributed by atoms with Gasteiger partial charge in [-0.1, -0.05) is 18.2 Å². The average Bonchev–Trinajstić information content (AvgIpc) is 3.20. The van der Waals surface area contributed by atoms with Crippen molar-refractivity contribution in [2.45, 2.75) is 38.6 Å². The van der Waals surface area contributed by atoms with Gasteiger partial charge in [0.15, 0.2) is 0 Å². The number of nitrogens with zero attached hydrogens (tertiary/aromatic N) is 1. The van der Waals surface area contributed by atoms with Crippen molar-refractivity contribution in [2.24, 2.45) is 5.92 Å². The van der Waals surface area contributed by atoms with Gasteiger partial charge in [-0.3, -0.25) is 19.3 Å². The molecule has 2 aliphatic rings. The number of halogens is 1. The predicted octanol–water partition coefficient (Wildman–Crippen LogP) is 2.09. The molecular weight excluding hydrogens is 342 g/mol. The van der Waals surface area contributed by atoms with Crippen LogP contribution in [0.25, 0.3) is 0 Å². The number of hydrogen-bond acceptors (Lipinski definition) is 4. The molecule has 2 heterocycles. The SMILES string of the molecule is Cl.O=C(CCC1CCNC1)Nc1ccccc1CN1C(=O)CCC1=O. The first-order valence-corrected chi connectivity index (χ1v) is 8.55. The Morgan fingerprint density at radius 1 is 1.20 bits per heavy atom. The van der Waals surface area contributed by atoms with Gasteiger partial charge in [0.05, 0.1) is 6.54 Å². The zero-order valence-electron chi connectivity index (χ0n) is 14.1. The van der Waals surface area contributed by atoms with E-state index >= 15 is 0 Å². The van der Waals surface area contributed by atoms with Gasteiger partial charge in [-0.25, -0.2) is 0 Å². The fraction of sp³-hybridized carbons (Fsp3) is 0.500. The van der Waals surface area contributed by atoms with Crippen LogP contribution in [0, 0.1) is 5.92 Å². The number of para-hydroxylation sites is 1. The van der Waals surface area contributed by atoms with E-state index in [4.69, 9.17) is 0 Å². The van der Waals surface area contributed by atoms with Gasteiger partial charge in [0, 0.05) is 24.9 Å². The number of nitrogens with one attached hydrogen (secondary N) is 2. The molecule has 3 rings (SSSR count). The van der Waals surface area contributed by atoms with Crippen molar-refractivity contribution in [1.29, 1.82) is 0 Å². The van der Waals surface area contributed by atoms with Crippen molar-refractivity contribution in [3.8, 4) is 0 Å². The van der Waals surface area contributed by atoms with E-state index in [9.17, 15) is 14.4 Å². The van der Waals surface area contributed by atoms with Gasteiger partial charge in [-0.15, -0.1) is 12.4 Å². The fourth-order valence-electron chi connectivity index (χ4n) is 3.26. The maximum Gasteiger partial charge on any atom is 0.229 e. The molecule has 3 amide bonds. The maximum absolute atomic E-state index is 12.2. The molecule has 2 aliphatic heterocycles. The first kappa shape index (κ1) is 19.4. The van der Waals surface area contributed by atoms with Crippen LogP contribution >= 0.6 is 12.4 Å². The van der Waals surface area contributed by atoms with Crippen molar-refractivity contribution in [2.75, 3.05) is 18.4 Å². The molecule has 25 heavy (non-hydrogen) atoms. The second-order valence-electron chi connectivity index (χ2n) is 6.48. The van der Waals surface area contributed by atoms with Gasteiger partial charge in [0.25, 0.3) is 0 Å². The molecular formula is C18H24ClN3O3. The third-order valence-electron chi connectivity index (χ3n) is 4.72. The quantitative estimate of drug-likeness (QED) is 0.756. The number of rotatable bonds is 6. The Morgan fingerprint density at radius 3 is 2.60 bits per heavy atom. The van der Waals surface area contributed by atoms with Crippen LogP contribution in [0.5, 0.6) is 0 Å². The van der Waals surface area contributed by atoms with Crippen LogP contribution < -0.4 is 10.6 Å². The Balaban J connectivity index is 0.00000225. The predicted molar refractivity (Wildman–Crippen MR) is 97.3 cm³/mol. The van der Waals surface area contributed by atoms with Crippen LogP contribution in [0.3, 0.4) is 0 Å². The first-order chi connectivity index (χ1) is 11.6. The highest BCUT2D eigenvalue weighted by molar-refractivity contribution is 6.02. The number of likely N-dealkylation sites (tertiary alicyclic amines) is 1. The van der Waals surface area contributed by atoms with E-state index < -0.39 is 0 Å². The van der Waals surface area contributed by atoms with E-state index in [0.717, 1.165) is 31.5 Å². The van der Waals surface area contributed by atoms with E-state index in [-0.39, 0.29) is 49.5 Å². The number of imide groups is 1. The minimum atomic E-state index is -0.144. The molecule has 2 fully saturated rings. The summed E-state index contributed by atoms with van der Waals surface area (Å²) in [4.78, 5) is 37.0. The summed E-state index contributed by atoms with van der Waals surface area (Å²) >= 11 is 0. The van der Waals surface area contributed by atoms with Crippen LogP contribution in [0.2, 0.25) is 0 Å². The molecule has 0 spiro atoms. The summed E-state index contributed by atoms with van der Waals surface area (Å²) in [6, 6.07) is 7.35.